The summed E-state index contributed by atoms with van der Waals surface area (Å²) in [7, 11) is 0. The van der Waals surface area contributed by atoms with Crippen LogP contribution in [0.3, 0.4) is 0 Å². The van der Waals surface area contributed by atoms with Gasteiger partial charge in [0, 0.05) is 52.7 Å². The molecule has 5 nitrogen and oxygen atoms in total. The smallest absolute Gasteiger partial charge is 0.135 e. The van der Waals surface area contributed by atoms with Gasteiger partial charge < -0.3 is 18.8 Å². The minimum absolute atomic E-state index is 0. The van der Waals surface area contributed by atoms with Crippen molar-refractivity contribution in [3.63, 3.8) is 0 Å². The normalized spacial score (nSPS) is 14.0. The van der Waals surface area contributed by atoms with Crippen LogP contribution in [0.25, 0.3) is 82.1 Å². The fourth-order valence-corrected chi connectivity index (χ4v) is 9.64. The summed E-state index contributed by atoms with van der Waals surface area (Å²) in [5, 5.41) is 8.35. The Kier molecular flexibility index (Phi) is 8.62. The van der Waals surface area contributed by atoms with Gasteiger partial charge in [-0.1, -0.05) is 164 Å². The van der Waals surface area contributed by atoms with Crippen LogP contribution in [0.1, 0.15) is 47.1 Å². The van der Waals surface area contributed by atoms with Gasteiger partial charge in [0.1, 0.15) is 5.82 Å². The summed E-state index contributed by atoms with van der Waals surface area (Å²) in [6.45, 7) is 12.1. The monoisotopic (exact) mass is 1050 g/mol. The number of ether oxygens (including phenoxy) is 1. The molecule has 0 atom stereocenters. The first kappa shape index (κ1) is 34.9. The van der Waals surface area contributed by atoms with E-state index in [9.17, 15) is 0 Å². The van der Waals surface area contributed by atoms with E-state index in [-0.39, 0.29) is 38.7 Å². The molecule has 4 heterocycles. The maximum atomic E-state index is 9.14. The van der Waals surface area contributed by atoms with E-state index in [1.54, 1.807) is 24.4 Å². The number of aryl methyl sites for hydroxylation is 2. The Morgan fingerprint density at radius 3 is 2.18 bits per heavy atom. The maximum absolute atomic E-state index is 9.14. The summed E-state index contributed by atoms with van der Waals surface area (Å²) in [6, 6.07) is 52.0. The topological polar surface area (TPSA) is 35.2 Å². The molecular formula is C61H47N4OPt-3. The van der Waals surface area contributed by atoms with Gasteiger partial charge in [-0.05, 0) is 116 Å². The zero-order chi connectivity index (χ0) is 50.8. The number of pyridine rings is 1. The average molecular weight is 1050 g/mol. The quantitative estimate of drug-likeness (QED) is 0.156. The fourth-order valence-electron chi connectivity index (χ4n) is 9.64. The van der Waals surface area contributed by atoms with E-state index in [0.717, 1.165) is 54.9 Å². The molecule has 11 aromatic rings. The van der Waals surface area contributed by atoms with Gasteiger partial charge in [-0.25, -0.2) is 4.98 Å². The third kappa shape index (κ3) is 7.39. The second kappa shape index (κ2) is 16.5. The number of hydrogen-bond donors (Lipinski definition) is 0. The summed E-state index contributed by atoms with van der Waals surface area (Å²) in [5.41, 5.74) is 7.78. The number of benzene rings is 8. The molecule has 8 aromatic carbocycles. The van der Waals surface area contributed by atoms with Crippen molar-refractivity contribution in [2.45, 2.75) is 41.0 Å². The van der Waals surface area contributed by atoms with Crippen LogP contribution in [0.5, 0.6) is 11.5 Å². The fraction of sp³-hybridized carbons (Fsp3) is 0.115. The molecule has 0 amide bonds. The van der Waals surface area contributed by atoms with Crippen molar-refractivity contribution in [2.24, 2.45) is 5.41 Å². The summed E-state index contributed by atoms with van der Waals surface area (Å²) in [5.74, 6) is 1.30. The Balaban J connectivity index is 0.00000588. The van der Waals surface area contributed by atoms with Crippen molar-refractivity contribution in [1.29, 1.82) is 0 Å². The van der Waals surface area contributed by atoms with Crippen molar-refractivity contribution in [2.75, 3.05) is 4.90 Å². The van der Waals surface area contributed by atoms with E-state index in [4.69, 9.17) is 19.3 Å². The molecule has 0 saturated carbocycles. The minimum Gasteiger partial charge on any atom is -0.509 e. The maximum Gasteiger partial charge on any atom is 0.135 e. The summed E-state index contributed by atoms with van der Waals surface area (Å²) in [4.78, 5) is 6.94. The van der Waals surface area contributed by atoms with Gasteiger partial charge in [-0.3, -0.25) is 0 Å². The zero-order valence-electron chi connectivity index (χ0n) is 44.4. The number of aromatic nitrogens is 3. The zero-order valence-corrected chi connectivity index (χ0v) is 39.7. The van der Waals surface area contributed by atoms with Gasteiger partial charge in [0.2, 0.25) is 0 Å². The first-order chi connectivity index (χ1) is 35.0. The Morgan fingerprint density at radius 1 is 0.642 bits per heavy atom. The molecule has 0 radical (unpaired) electrons. The molecule has 330 valence electrons. The van der Waals surface area contributed by atoms with Crippen molar-refractivity contribution in [1.82, 2.24) is 14.1 Å². The molecule has 1 aliphatic rings. The first-order valence-corrected chi connectivity index (χ1v) is 22.1. The Morgan fingerprint density at radius 2 is 1.36 bits per heavy atom. The second-order valence-electron chi connectivity index (χ2n) is 18.0. The van der Waals surface area contributed by atoms with E-state index >= 15 is 0 Å². The van der Waals surface area contributed by atoms with E-state index in [1.807, 2.05) is 67.8 Å². The van der Waals surface area contributed by atoms with Crippen LogP contribution in [-0.4, -0.2) is 14.1 Å². The number of nitrogens with zero attached hydrogens (tertiary/aromatic N) is 4. The molecule has 6 heteroatoms. The van der Waals surface area contributed by atoms with Crippen LogP contribution >= 0.6 is 0 Å². The van der Waals surface area contributed by atoms with E-state index in [0.29, 0.717) is 44.9 Å². The van der Waals surface area contributed by atoms with E-state index in [1.165, 1.54) is 16.3 Å². The number of fused-ring (bicyclic) bond motifs is 10. The molecule has 1 aliphatic heterocycles. The van der Waals surface area contributed by atoms with Gasteiger partial charge in [0.05, 0.1) is 6.85 Å². The third-order valence-electron chi connectivity index (χ3n) is 12.4. The van der Waals surface area contributed by atoms with Gasteiger partial charge in [-0.2, -0.15) is 12.1 Å². The Labute approximate surface area is 415 Å². The van der Waals surface area contributed by atoms with Crippen molar-refractivity contribution >= 4 is 76.5 Å². The van der Waals surface area contributed by atoms with Crippen molar-refractivity contribution in [3.05, 3.63) is 211 Å². The third-order valence-corrected chi connectivity index (χ3v) is 12.4. The molecule has 12 rings (SSSR count). The number of anilines is 2. The van der Waals surface area contributed by atoms with Gasteiger partial charge in [0.15, 0.2) is 0 Å². The average Bonchev–Trinajstić information content (AvgIpc) is 3.93. The SMILES string of the molecule is [2H]c1c([2H])c([2H])c(-c2ccc3c(c2)c2ccc(Oc4[c-]c(N5[CH-]n6c7c(C)cccc7c7cc(C)ccc7c7ccccc7c7cccc5c76)ccc4)[c-]c2n3-c2cc(C([2H])([2H])C(C)(C)C)ccn2)c([2H])c1[2H].[Pt]. The van der Waals surface area contributed by atoms with E-state index in [2.05, 4.69) is 121 Å². The largest absolute Gasteiger partial charge is 0.509 e. The van der Waals surface area contributed by atoms with Gasteiger partial charge in [0.25, 0.3) is 0 Å². The van der Waals surface area contributed by atoms with E-state index < -0.39 is 29.9 Å². The predicted octanol–water partition coefficient (Wildman–Crippen LogP) is 16.1. The molecule has 0 fully saturated rings. The number of rotatable bonds is 6. The summed E-state index contributed by atoms with van der Waals surface area (Å²) < 4.78 is 71.6. The molecule has 0 bridgehead atoms. The van der Waals surface area contributed by atoms with Crippen LogP contribution in [-0.2, 0) is 27.4 Å². The molecule has 0 spiro atoms. The predicted molar refractivity (Wildman–Crippen MR) is 275 cm³/mol. The summed E-state index contributed by atoms with van der Waals surface area (Å²) >= 11 is 0. The Hall–Kier alpha value is -7.33. The molecule has 0 aliphatic carbocycles. The molecule has 0 unspecified atom stereocenters. The van der Waals surface area contributed by atoms with Crippen LogP contribution < -0.4 is 9.64 Å². The molecular weight excluding hydrogens is 1000 g/mol. The van der Waals surface area contributed by atoms with Crippen LogP contribution in [0, 0.1) is 38.1 Å². The van der Waals surface area contributed by atoms with Crippen LogP contribution in [0.2, 0.25) is 0 Å². The summed E-state index contributed by atoms with van der Waals surface area (Å²) in [6.07, 6.45) is -0.106. The Bertz CT molecular complexity index is 4210. The number of hydrogen-bond acceptors (Lipinski definition) is 3. The molecule has 0 N–H and O–H groups in total. The molecule has 3 aromatic heterocycles. The number of para-hydroxylation sites is 2. The van der Waals surface area contributed by atoms with Gasteiger partial charge >= 0.3 is 0 Å². The van der Waals surface area contributed by atoms with Crippen molar-refractivity contribution in [3.8, 4) is 28.4 Å². The second-order valence-corrected chi connectivity index (χ2v) is 18.0. The minimum atomic E-state index is -1.71. The standard InChI is InChI=1S/C61H47N4O.Pt/c1-39-24-27-49-47-19-9-10-20-48(47)51-22-13-23-56-60(51)64(59-40(2)14-11-21-52(59)53(49)32-39)38-63(56)44-17-12-18-45(35-44)66-46-26-28-50-54-34-43(42-15-7-6-8-16-42)25-29-55(54)65(57(50)36-46)58-33-41(30-31-62-58)37-61(3,4)5;/h6-34,38H,37H2,1-5H3;/q-3;/i6D,7D,8D,15D,16D,37D2;. The molecule has 0 saturated heterocycles. The van der Waals surface area contributed by atoms with Crippen LogP contribution in [0.15, 0.2) is 176 Å². The van der Waals surface area contributed by atoms with Crippen LogP contribution in [0.4, 0.5) is 11.4 Å². The first-order valence-electron chi connectivity index (χ1n) is 25.6. The van der Waals surface area contributed by atoms with Crippen molar-refractivity contribution < 1.29 is 35.4 Å². The van der Waals surface area contributed by atoms with Gasteiger partial charge in [-0.15, -0.1) is 35.7 Å². The molecule has 67 heavy (non-hydrogen) atoms.